The van der Waals surface area contributed by atoms with E-state index in [2.05, 4.69) is 15.4 Å². The average Bonchev–Trinajstić information content (AvgIpc) is 3.09. The molecule has 0 spiro atoms. The van der Waals surface area contributed by atoms with Crippen LogP contribution in [-0.4, -0.2) is 30.0 Å². The van der Waals surface area contributed by atoms with Gasteiger partial charge in [0.25, 0.3) is 11.2 Å². The summed E-state index contributed by atoms with van der Waals surface area (Å²) in [6, 6.07) is 5.85. The van der Waals surface area contributed by atoms with E-state index in [1.165, 1.54) is 27.5 Å². The number of aromatic nitrogens is 4. The van der Waals surface area contributed by atoms with E-state index >= 15 is 0 Å². The Labute approximate surface area is 139 Å². The second-order valence-corrected chi connectivity index (χ2v) is 5.75. The van der Waals surface area contributed by atoms with Crippen LogP contribution >= 0.6 is 0 Å². The lowest BCUT2D eigenvalue weighted by atomic mass is 9.86. The van der Waals surface area contributed by atoms with E-state index < -0.39 is 10.8 Å². The lowest BCUT2D eigenvalue weighted by Crippen LogP contribution is -2.35. The van der Waals surface area contributed by atoms with E-state index in [1.807, 2.05) is 0 Å². The summed E-state index contributed by atoms with van der Waals surface area (Å²) in [5.41, 5.74) is 0.690. The fourth-order valence-corrected chi connectivity index (χ4v) is 3.13. The van der Waals surface area contributed by atoms with Crippen molar-refractivity contribution in [2.24, 2.45) is 7.05 Å². The first-order chi connectivity index (χ1) is 12.0. The van der Waals surface area contributed by atoms with Crippen LogP contribution in [0.25, 0.3) is 5.78 Å². The van der Waals surface area contributed by atoms with Crippen molar-refractivity contribution in [3.05, 3.63) is 62.2 Å². The monoisotopic (exact) mass is 340 g/mol. The van der Waals surface area contributed by atoms with Gasteiger partial charge in [0.1, 0.15) is 12.1 Å². The summed E-state index contributed by atoms with van der Waals surface area (Å²) in [7, 11) is 1.58. The van der Waals surface area contributed by atoms with Gasteiger partial charge in [0.05, 0.1) is 10.5 Å². The van der Waals surface area contributed by atoms with Crippen molar-refractivity contribution in [2.75, 3.05) is 5.32 Å². The molecule has 1 N–H and O–H groups in total. The minimum Gasteiger partial charge on any atom is -0.310 e. The molecule has 0 radical (unpaired) electrons. The first-order valence-electron chi connectivity index (χ1n) is 7.44. The quantitative estimate of drug-likeness (QED) is 0.544. The van der Waals surface area contributed by atoms with Gasteiger partial charge in [-0.3, -0.25) is 24.3 Å². The molecule has 0 fully saturated rings. The number of amides is 1. The number of nitro benzene ring substituents is 1. The van der Waals surface area contributed by atoms with E-state index in [-0.39, 0.29) is 29.4 Å². The Morgan fingerprint density at radius 3 is 2.68 bits per heavy atom. The van der Waals surface area contributed by atoms with Gasteiger partial charge >= 0.3 is 0 Å². The molecular formula is C15H12N6O4. The van der Waals surface area contributed by atoms with Crippen LogP contribution in [0.15, 0.2) is 35.4 Å². The van der Waals surface area contributed by atoms with Crippen molar-refractivity contribution < 1.29 is 9.72 Å². The smallest absolute Gasteiger partial charge is 0.269 e. The number of carbonyl (C=O) groups is 1. The predicted molar refractivity (Wildman–Crippen MR) is 86.4 cm³/mol. The molecule has 1 aliphatic rings. The van der Waals surface area contributed by atoms with Crippen LogP contribution in [0.4, 0.5) is 11.5 Å². The molecule has 1 amide bonds. The highest BCUT2D eigenvalue weighted by Crippen LogP contribution is 2.35. The second-order valence-electron chi connectivity index (χ2n) is 5.75. The normalized spacial score (nSPS) is 16.5. The lowest BCUT2D eigenvalue weighted by Gasteiger charge is -2.25. The van der Waals surface area contributed by atoms with Crippen LogP contribution in [0, 0.1) is 10.1 Å². The van der Waals surface area contributed by atoms with Gasteiger partial charge in [0.2, 0.25) is 11.7 Å². The van der Waals surface area contributed by atoms with Crippen LogP contribution in [0.3, 0.4) is 0 Å². The molecule has 2 aromatic heterocycles. The highest BCUT2D eigenvalue weighted by atomic mass is 16.6. The molecule has 0 unspecified atom stereocenters. The largest absolute Gasteiger partial charge is 0.310 e. The van der Waals surface area contributed by atoms with Crippen LogP contribution in [-0.2, 0) is 11.8 Å². The van der Waals surface area contributed by atoms with Crippen molar-refractivity contribution in [3.8, 4) is 0 Å². The van der Waals surface area contributed by atoms with Gasteiger partial charge < -0.3 is 5.32 Å². The Morgan fingerprint density at radius 1 is 1.28 bits per heavy atom. The summed E-state index contributed by atoms with van der Waals surface area (Å²) < 4.78 is 2.77. The van der Waals surface area contributed by atoms with Crippen molar-refractivity contribution >= 4 is 23.2 Å². The van der Waals surface area contributed by atoms with E-state index in [1.54, 1.807) is 19.2 Å². The average molecular weight is 340 g/mol. The van der Waals surface area contributed by atoms with Crippen molar-refractivity contribution in [1.29, 1.82) is 0 Å². The summed E-state index contributed by atoms with van der Waals surface area (Å²) >= 11 is 0. The van der Waals surface area contributed by atoms with Crippen LogP contribution in [0.5, 0.6) is 0 Å². The Kier molecular flexibility index (Phi) is 3.14. The number of hydrogen-bond donors (Lipinski definition) is 1. The minimum absolute atomic E-state index is 0.0520. The number of non-ortho nitro benzene ring substituents is 1. The van der Waals surface area contributed by atoms with Gasteiger partial charge in [-0.15, -0.1) is 0 Å². The van der Waals surface area contributed by atoms with Gasteiger partial charge in [-0.1, -0.05) is 12.1 Å². The molecule has 0 saturated heterocycles. The molecule has 3 heterocycles. The molecule has 4 rings (SSSR count). The second kappa shape index (κ2) is 5.23. The Balaban J connectivity index is 1.95. The summed E-state index contributed by atoms with van der Waals surface area (Å²) in [6.07, 6.45) is 1.37. The zero-order valence-electron chi connectivity index (χ0n) is 13.0. The number of carbonyl (C=O) groups excluding carboxylic acids is 1. The van der Waals surface area contributed by atoms with Crippen LogP contribution < -0.4 is 10.9 Å². The van der Waals surface area contributed by atoms with Crippen LogP contribution in [0.2, 0.25) is 0 Å². The molecule has 1 aliphatic heterocycles. The van der Waals surface area contributed by atoms with Crippen LogP contribution in [0.1, 0.15) is 23.5 Å². The van der Waals surface area contributed by atoms with Gasteiger partial charge in [-0.25, -0.2) is 0 Å². The lowest BCUT2D eigenvalue weighted by molar-refractivity contribution is -0.384. The zero-order valence-corrected chi connectivity index (χ0v) is 13.0. The Bertz CT molecular complexity index is 1080. The van der Waals surface area contributed by atoms with Gasteiger partial charge in [0, 0.05) is 31.5 Å². The summed E-state index contributed by atoms with van der Waals surface area (Å²) in [5, 5.41) is 17.6. The van der Waals surface area contributed by atoms with Crippen molar-refractivity contribution in [3.63, 3.8) is 0 Å². The topological polar surface area (TPSA) is 124 Å². The fraction of sp³-hybridized carbons (Fsp3) is 0.200. The summed E-state index contributed by atoms with van der Waals surface area (Å²) in [5.74, 6) is -0.179. The Morgan fingerprint density at radius 2 is 2.00 bits per heavy atom. The Hall–Kier alpha value is -3.56. The molecule has 10 heteroatoms. The maximum atomic E-state index is 12.8. The molecule has 126 valence electrons. The SMILES string of the molecule is Cn1c(=O)c2c(n3ncnc13)NC(=O)C[C@@H]2c1ccc([N+](=O)[O-])cc1. The highest BCUT2D eigenvalue weighted by Gasteiger charge is 2.33. The van der Waals surface area contributed by atoms with E-state index in [0.717, 1.165) is 0 Å². The molecule has 3 aromatic rings. The third kappa shape index (κ3) is 2.18. The third-order valence-corrected chi connectivity index (χ3v) is 4.33. The maximum Gasteiger partial charge on any atom is 0.269 e. The first kappa shape index (κ1) is 15.0. The van der Waals surface area contributed by atoms with E-state index in [0.29, 0.717) is 16.9 Å². The molecular weight excluding hydrogens is 328 g/mol. The third-order valence-electron chi connectivity index (χ3n) is 4.33. The molecule has 1 aromatic carbocycles. The number of rotatable bonds is 2. The number of nitrogens with zero attached hydrogens (tertiary/aromatic N) is 5. The zero-order chi connectivity index (χ0) is 17.7. The fourth-order valence-electron chi connectivity index (χ4n) is 3.13. The minimum atomic E-state index is -0.517. The van der Waals surface area contributed by atoms with E-state index in [9.17, 15) is 19.7 Å². The number of nitro groups is 1. The molecule has 1 atom stereocenters. The van der Waals surface area contributed by atoms with Gasteiger partial charge in [-0.05, 0) is 5.56 Å². The number of anilines is 1. The molecule has 0 aliphatic carbocycles. The molecule has 0 saturated carbocycles. The van der Waals surface area contributed by atoms with Crippen molar-refractivity contribution in [1.82, 2.24) is 19.2 Å². The highest BCUT2D eigenvalue weighted by molar-refractivity contribution is 5.94. The van der Waals surface area contributed by atoms with E-state index in [4.69, 9.17) is 0 Å². The molecule has 10 nitrogen and oxygen atoms in total. The summed E-state index contributed by atoms with van der Waals surface area (Å²) in [6.45, 7) is 0. The number of hydrogen-bond acceptors (Lipinski definition) is 6. The molecule has 25 heavy (non-hydrogen) atoms. The molecule has 0 bridgehead atoms. The number of nitrogens with one attached hydrogen (secondary N) is 1. The number of aryl methyl sites for hydroxylation is 1. The number of fused-ring (bicyclic) bond motifs is 3. The van der Waals surface area contributed by atoms with Gasteiger partial charge in [0.15, 0.2) is 0 Å². The standard InChI is InChI=1S/C15H12N6O4/c1-19-14(23)12-10(8-2-4-9(5-3-8)21(24)25)6-11(22)18-13(12)20-15(19)16-7-17-20/h2-5,7,10H,6H2,1H3,(H,18,22)/t10-/m1/s1. The summed E-state index contributed by atoms with van der Waals surface area (Å²) in [4.78, 5) is 39.3. The predicted octanol–water partition coefficient (Wildman–Crippen LogP) is 0.810. The first-order valence-corrected chi connectivity index (χ1v) is 7.44. The number of benzene rings is 1. The maximum absolute atomic E-state index is 12.8. The van der Waals surface area contributed by atoms with Gasteiger partial charge in [-0.2, -0.15) is 14.6 Å². The van der Waals surface area contributed by atoms with Crippen molar-refractivity contribution in [2.45, 2.75) is 12.3 Å².